The maximum absolute atomic E-state index is 12.9. The lowest BCUT2D eigenvalue weighted by molar-refractivity contribution is 0.102. The SMILES string of the molecule is Cn1c(SCC(=O)c2cccc(F)c2)n[nH]c1=O. The summed E-state index contributed by atoms with van der Waals surface area (Å²) >= 11 is 1.13. The summed E-state index contributed by atoms with van der Waals surface area (Å²) in [6.45, 7) is 0. The summed E-state index contributed by atoms with van der Waals surface area (Å²) in [4.78, 5) is 22.9. The number of aromatic nitrogens is 3. The van der Waals surface area contributed by atoms with E-state index in [-0.39, 0.29) is 17.2 Å². The average molecular weight is 267 g/mol. The highest BCUT2D eigenvalue weighted by Crippen LogP contribution is 2.15. The zero-order chi connectivity index (χ0) is 13.1. The van der Waals surface area contributed by atoms with E-state index in [0.29, 0.717) is 10.7 Å². The van der Waals surface area contributed by atoms with E-state index in [1.54, 1.807) is 13.1 Å². The molecule has 0 amide bonds. The van der Waals surface area contributed by atoms with Gasteiger partial charge in [-0.2, -0.15) is 0 Å². The second-order valence-electron chi connectivity index (χ2n) is 3.59. The van der Waals surface area contributed by atoms with Gasteiger partial charge in [0.1, 0.15) is 5.82 Å². The normalized spacial score (nSPS) is 10.6. The summed E-state index contributed by atoms with van der Waals surface area (Å²) < 4.78 is 14.2. The summed E-state index contributed by atoms with van der Waals surface area (Å²) in [5, 5.41) is 6.46. The van der Waals surface area contributed by atoms with Crippen molar-refractivity contribution in [1.82, 2.24) is 14.8 Å². The van der Waals surface area contributed by atoms with Crippen LogP contribution in [0, 0.1) is 5.82 Å². The molecule has 5 nitrogen and oxygen atoms in total. The number of carbonyl (C=O) groups excluding carboxylic acids is 1. The maximum Gasteiger partial charge on any atom is 0.343 e. The van der Waals surface area contributed by atoms with Crippen molar-refractivity contribution in [2.75, 3.05) is 5.75 Å². The van der Waals surface area contributed by atoms with E-state index in [2.05, 4.69) is 10.2 Å². The molecule has 0 saturated carbocycles. The van der Waals surface area contributed by atoms with E-state index in [9.17, 15) is 14.0 Å². The highest BCUT2D eigenvalue weighted by atomic mass is 32.2. The van der Waals surface area contributed by atoms with Gasteiger partial charge in [0, 0.05) is 12.6 Å². The minimum atomic E-state index is -0.446. The molecule has 0 spiro atoms. The Morgan fingerprint density at radius 1 is 1.56 bits per heavy atom. The number of Topliss-reactive ketones (excluding diaryl/α,β-unsaturated/α-hetero) is 1. The number of H-pyrrole nitrogens is 1. The summed E-state index contributed by atoms with van der Waals surface area (Å²) in [5.74, 6) is -0.560. The van der Waals surface area contributed by atoms with Gasteiger partial charge >= 0.3 is 5.69 Å². The van der Waals surface area contributed by atoms with Crippen LogP contribution in [0.1, 0.15) is 10.4 Å². The zero-order valence-electron chi connectivity index (χ0n) is 9.51. The van der Waals surface area contributed by atoms with Gasteiger partial charge in [0.05, 0.1) is 5.75 Å². The van der Waals surface area contributed by atoms with Gasteiger partial charge in [0.2, 0.25) is 0 Å². The van der Waals surface area contributed by atoms with Gasteiger partial charge in [0.15, 0.2) is 10.9 Å². The second kappa shape index (κ2) is 5.18. The summed E-state index contributed by atoms with van der Waals surface area (Å²) in [5.41, 5.74) is -0.0289. The van der Waals surface area contributed by atoms with Gasteiger partial charge < -0.3 is 0 Å². The Kier molecular flexibility index (Phi) is 3.61. The molecule has 7 heteroatoms. The maximum atomic E-state index is 12.9. The monoisotopic (exact) mass is 267 g/mol. The van der Waals surface area contributed by atoms with Crippen LogP contribution in [0.15, 0.2) is 34.2 Å². The molecule has 1 heterocycles. The fourth-order valence-corrected chi connectivity index (χ4v) is 2.15. The third-order valence-electron chi connectivity index (χ3n) is 2.32. The van der Waals surface area contributed by atoms with Gasteiger partial charge in [-0.05, 0) is 12.1 Å². The standard InChI is InChI=1S/C11H10FN3O2S/c1-15-10(17)13-14-11(15)18-6-9(16)7-3-2-4-8(12)5-7/h2-5H,6H2,1H3,(H,13,17). The Morgan fingerprint density at radius 2 is 2.33 bits per heavy atom. The van der Waals surface area contributed by atoms with Crippen molar-refractivity contribution in [3.05, 3.63) is 46.1 Å². The second-order valence-corrected chi connectivity index (χ2v) is 4.54. The van der Waals surface area contributed by atoms with E-state index in [4.69, 9.17) is 0 Å². The number of thioether (sulfide) groups is 1. The number of nitrogens with one attached hydrogen (secondary N) is 1. The Bertz CT molecular complexity index is 635. The van der Waals surface area contributed by atoms with E-state index in [0.717, 1.165) is 11.8 Å². The van der Waals surface area contributed by atoms with Gasteiger partial charge in [-0.25, -0.2) is 14.3 Å². The molecule has 94 valence electrons. The van der Waals surface area contributed by atoms with Crippen molar-refractivity contribution in [1.29, 1.82) is 0 Å². The lowest BCUT2D eigenvalue weighted by Crippen LogP contribution is -2.13. The molecule has 0 aliphatic carbocycles. The molecule has 0 aliphatic heterocycles. The van der Waals surface area contributed by atoms with E-state index in [1.807, 2.05) is 0 Å². The number of hydrogen-bond donors (Lipinski definition) is 1. The molecule has 0 aliphatic rings. The van der Waals surface area contributed by atoms with Crippen molar-refractivity contribution < 1.29 is 9.18 Å². The molecule has 0 atom stereocenters. The van der Waals surface area contributed by atoms with Crippen molar-refractivity contribution in [3.63, 3.8) is 0 Å². The van der Waals surface area contributed by atoms with Gasteiger partial charge in [-0.3, -0.25) is 9.36 Å². The molecule has 2 rings (SSSR count). The first-order chi connectivity index (χ1) is 8.58. The molecule has 1 N–H and O–H groups in total. The van der Waals surface area contributed by atoms with Crippen molar-refractivity contribution >= 4 is 17.5 Å². The minimum absolute atomic E-state index is 0.0988. The van der Waals surface area contributed by atoms with Crippen LogP contribution in [0.4, 0.5) is 4.39 Å². The van der Waals surface area contributed by atoms with Crippen LogP contribution in [0.5, 0.6) is 0 Å². The largest absolute Gasteiger partial charge is 0.343 e. The van der Waals surface area contributed by atoms with Crippen molar-refractivity contribution in [3.8, 4) is 0 Å². The van der Waals surface area contributed by atoms with Crippen LogP contribution in [-0.4, -0.2) is 26.3 Å². The number of hydrogen-bond acceptors (Lipinski definition) is 4. The van der Waals surface area contributed by atoms with Gasteiger partial charge in [0.25, 0.3) is 0 Å². The fraction of sp³-hybridized carbons (Fsp3) is 0.182. The highest BCUT2D eigenvalue weighted by Gasteiger charge is 2.10. The number of benzene rings is 1. The molecule has 1 aromatic heterocycles. The number of nitrogens with zero attached hydrogens (tertiary/aromatic N) is 2. The molecule has 0 bridgehead atoms. The Morgan fingerprint density at radius 3 is 2.94 bits per heavy atom. The van der Waals surface area contributed by atoms with Crippen LogP contribution < -0.4 is 5.69 Å². The summed E-state index contributed by atoms with van der Waals surface area (Å²) in [6, 6.07) is 5.50. The highest BCUT2D eigenvalue weighted by molar-refractivity contribution is 7.99. The molecule has 0 radical (unpaired) electrons. The van der Waals surface area contributed by atoms with Gasteiger partial charge in [-0.1, -0.05) is 23.9 Å². The van der Waals surface area contributed by atoms with Crippen LogP contribution in [0.3, 0.4) is 0 Å². The number of halogens is 1. The number of rotatable bonds is 4. The molecule has 2 aromatic rings. The Balaban J connectivity index is 2.05. The predicted molar refractivity (Wildman–Crippen MR) is 65.3 cm³/mol. The zero-order valence-corrected chi connectivity index (χ0v) is 10.3. The Labute approximate surface area is 106 Å². The first-order valence-corrected chi connectivity index (χ1v) is 6.09. The lowest BCUT2D eigenvalue weighted by Gasteiger charge is -2.00. The molecule has 1 aromatic carbocycles. The molecular formula is C11H10FN3O2S. The molecular weight excluding hydrogens is 257 g/mol. The first kappa shape index (κ1) is 12.6. The lowest BCUT2D eigenvalue weighted by atomic mass is 10.1. The van der Waals surface area contributed by atoms with Crippen LogP contribution in [-0.2, 0) is 7.05 Å². The predicted octanol–water partition coefficient (Wildman–Crippen LogP) is 1.22. The average Bonchev–Trinajstić information content (AvgIpc) is 2.67. The third-order valence-corrected chi connectivity index (χ3v) is 3.35. The first-order valence-electron chi connectivity index (χ1n) is 5.11. The number of ketones is 1. The quantitative estimate of drug-likeness (QED) is 0.668. The van der Waals surface area contributed by atoms with E-state index >= 15 is 0 Å². The molecule has 0 unspecified atom stereocenters. The molecule has 0 saturated heterocycles. The topological polar surface area (TPSA) is 67.8 Å². The van der Waals surface area contributed by atoms with E-state index in [1.165, 1.54) is 22.8 Å². The number of aromatic amines is 1. The number of carbonyl (C=O) groups is 1. The van der Waals surface area contributed by atoms with E-state index < -0.39 is 5.82 Å². The summed E-state index contributed by atoms with van der Waals surface area (Å²) in [6.07, 6.45) is 0. The van der Waals surface area contributed by atoms with Crippen LogP contribution >= 0.6 is 11.8 Å². The summed E-state index contributed by atoms with van der Waals surface area (Å²) in [7, 11) is 1.56. The Hall–Kier alpha value is -1.89. The van der Waals surface area contributed by atoms with Crippen LogP contribution in [0.25, 0.3) is 0 Å². The van der Waals surface area contributed by atoms with Gasteiger partial charge in [-0.15, -0.1) is 5.10 Å². The van der Waals surface area contributed by atoms with Crippen LogP contribution in [0.2, 0.25) is 0 Å². The smallest absolute Gasteiger partial charge is 0.293 e. The minimum Gasteiger partial charge on any atom is -0.293 e. The molecule has 18 heavy (non-hydrogen) atoms. The van der Waals surface area contributed by atoms with Crippen molar-refractivity contribution in [2.24, 2.45) is 7.05 Å². The fourth-order valence-electron chi connectivity index (χ4n) is 1.34. The molecule has 0 fully saturated rings. The van der Waals surface area contributed by atoms with Crippen molar-refractivity contribution in [2.45, 2.75) is 5.16 Å². The third kappa shape index (κ3) is 2.67.